The summed E-state index contributed by atoms with van der Waals surface area (Å²) in [5.74, 6) is 1.18. The van der Waals surface area contributed by atoms with Crippen molar-refractivity contribution in [1.29, 1.82) is 0 Å². The smallest absolute Gasteiger partial charge is 0.156 e. The molecule has 0 aromatic rings. The van der Waals surface area contributed by atoms with Gasteiger partial charge in [0, 0.05) is 0 Å². The second-order valence-electron chi connectivity index (χ2n) is 4.73. The molecule has 4 nitrogen and oxygen atoms in total. The molecule has 1 atom stereocenters. The summed E-state index contributed by atoms with van der Waals surface area (Å²) < 4.78 is 0. The van der Waals surface area contributed by atoms with Gasteiger partial charge in [-0.2, -0.15) is 0 Å². The molecule has 16 heavy (non-hydrogen) atoms. The van der Waals surface area contributed by atoms with Crippen molar-refractivity contribution in [1.82, 2.24) is 5.32 Å². The van der Waals surface area contributed by atoms with E-state index in [0.29, 0.717) is 5.84 Å². The molecule has 0 heterocycles. The normalized spacial score (nSPS) is 20.9. The van der Waals surface area contributed by atoms with Gasteiger partial charge in [0.2, 0.25) is 0 Å². The maximum absolute atomic E-state index is 8.61. The van der Waals surface area contributed by atoms with E-state index in [0.717, 1.165) is 18.9 Å². The number of hydrogen-bond acceptors (Lipinski definition) is 3. The van der Waals surface area contributed by atoms with E-state index in [-0.39, 0.29) is 6.04 Å². The van der Waals surface area contributed by atoms with Crippen LogP contribution in [0.25, 0.3) is 0 Å². The molecule has 0 radical (unpaired) electrons. The van der Waals surface area contributed by atoms with Crippen molar-refractivity contribution < 1.29 is 5.21 Å². The van der Waals surface area contributed by atoms with Crippen LogP contribution in [0.2, 0.25) is 0 Å². The van der Waals surface area contributed by atoms with E-state index < -0.39 is 0 Å². The van der Waals surface area contributed by atoms with E-state index in [4.69, 9.17) is 10.9 Å². The van der Waals surface area contributed by atoms with Crippen LogP contribution in [0.4, 0.5) is 0 Å². The zero-order chi connectivity index (χ0) is 11.8. The highest BCUT2D eigenvalue weighted by Gasteiger charge is 2.15. The van der Waals surface area contributed by atoms with Crippen LogP contribution in [0.5, 0.6) is 0 Å². The van der Waals surface area contributed by atoms with Gasteiger partial charge in [-0.05, 0) is 25.3 Å². The lowest BCUT2D eigenvalue weighted by atomic mass is 9.87. The van der Waals surface area contributed by atoms with Crippen molar-refractivity contribution in [2.45, 2.75) is 57.9 Å². The molecule has 0 saturated heterocycles. The number of nitrogens with zero attached hydrogens (tertiary/aromatic N) is 1. The highest BCUT2D eigenvalue weighted by molar-refractivity contribution is 5.85. The van der Waals surface area contributed by atoms with Gasteiger partial charge >= 0.3 is 0 Å². The van der Waals surface area contributed by atoms with Crippen LogP contribution in [0, 0.1) is 5.92 Å². The Kier molecular flexibility index (Phi) is 6.23. The van der Waals surface area contributed by atoms with E-state index in [1.165, 1.54) is 38.5 Å². The van der Waals surface area contributed by atoms with E-state index in [2.05, 4.69) is 10.5 Å². The monoisotopic (exact) mass is 227 g/mol. The fraction of sp³-hybridized carbons (Fsp3) is 0.917. The summed E-state index contributed by atoms with van der Waals surface area (Å²) in [5.41, 5.74) is 5.58. The molecule has 1 aliphatic carbocycles. The summed E-state index contributed by atoms with van der Waals surface area (Å²) >= 11 is 0. The van der Waals surface area contributed by atoms with Gasteiger partial charge in [0.1, 0.15) is 0 Å². The van der Waals surface area contributed by atoms with E-state index in [1.807, 2.05) is 6.92 Å². The van der Waals surface area contributed by atoms with Crippen LogP contribution in [-0.4, -0.2) is 23.6 Å². The summed E-state index contributed by atoms with van der Waals surface area (Å²) in [6, 6.07) is 0.0218. The Morgan fingerprint density at radius 1 is 1.44 bits per heavy atom. The van der Waals surface area contributed by atoms with E-state index in [1.54, 1.807) is 0 Å². The standard InChI is InChI=1S/C12H25N3O/c1-2-11(12(13)15-16)14-9-8-10-6-4-3-5-7-10/h10-11,14,16H,2-9H2,1H3,(H2,13,15). The van der Waals surface area contributed by atoms with E-state index >= 15 is 0 Å². The first-order valence-electron chi connectivity index (χ1n) is 6.48. The zero-order valence-corrected chi connectivity index (χ0v) is 10.3. The van der Waals surface area contributed by atoms with Crippen molar-refractivity contribution in [2.24, 2.45) is 16.8 Å². The minimum atomic E-state index is 0.0218. The van der Waals surface area contributed by atoms with E-state index in [9.17, 15) is 0 Å². The van der Waals surface area contributed by atoms with Gasteiger partial charge in [-0.15, -0.1) is 0 Å². The average Bonchev–Trinajstić information content (AvgIpc) is 2.35. The highest BCUT2D eigenvalue weighted by atomic mass is 16.4. The molecule has 1 unspecified atom stereocenters. The third-order valence-electron chi connectivity index (χ3n) is 3.55. The van der Waals surface area contributed by atoms with Crippen LogP contribution in [0.3, 0.4) is 0 Å². The fourth-order valence-corrected chi connectivity index (χ4v) is 2.47. The largest absolute Gasteiger partial charge is 0.409 e. The first-order chi connectivity index (χ1) is 7.77. The Labute approximate surface area is 98.3 Å². The second-order valence-corrected chi connectivity index (χ2v) is 4.73. The van der Waals surface area contributed by atoms with Crippen LogP contribution < -0.4 is 11.1 Å². The Morgan fingerprint density at radius 3 is 2.69 bits per heavy atom. The lowest BCUT2D eigenvalue weighted by molar-refractivity contribution is 0.311. The van der Waals surface area contributed by atoms with Gasteiger partial charge < -0.3 is 16.3 Å². The first-order valence-corrected chi connectivity index (χ1v) is 6.48. The Morgan fingerprint density at radius 2 is 2.12 bits per heavy atom. The number of oxime groups is 1. The second kappa shape index (κ2) is 7.49. The molecule has 4 heteroatoms. The SMILES string of the molecule is CCC(NCCC1CCCCC1)C(N)=NO. The molecular weight excluding hydrogens is 202 g/mol. The van der Waals surface area contributed by atoms with Gasteiger partial charge in [0.25, 0.3) is 0 Å². The Balaban J connectivity index is 2.17. The van der Waals surface area contributed by atoms with Gasteiger partial charge in [0.15, 0.2) is 5.84 Å². The maximum Gasteiger partial charge on any atom is 0.156 e. The summed E-state index contributed by atoms with van der Waals surface area (Å²) in [6.45, 7) is 3.01. The summed E-state index contributed by atoms with van der Waals surface area (Å²) in [5, 5.41) is 15.0. The molecule has 0 aromatic carbocycles. The summed E-state index contributed by atoms with van der Waals surface area (Å²) in [6.07, 6.45) is 9.02. The molecular formula is C12H25N3O. The molecule has 0 amide bonds. The number of hydrogen-bond donors (Lipinski definition) is 3. The number of nitrogens with two attached hydrogens (primary N) is 1. The molecule has 0 bridgehead atoms. The minimum Gasteiger partial charge on any atom is -0.409 e. The third kappa shape index (κ3) is 4.39. The van der Waals surface area contributed by atoms with Crippen molar-refractivity contribution in [3.63, 3.8) is 0 Å². The zero-order valence-electron chi connectivity index (χ0n) is 10.3. The number of amidine groups is 1. The van der Waals surface area contributed by atoms with Crippen LogP contribution >= 0.6 is 0 Å². The van der Waals surface area contributed by atoms with Crippen molar-refractivity contribution in [3.05, 3.63) is 0 Å². The van der Waals surface area contributed by atoms with Crippen molar-refractivity contribution in [3.8, 4) is 0 Å². The van der Waals surface area contributed by atoms with Gasteiger partial charge in [-0.3, -0.25) is 0 Å². The predicted molar refractivity (Wildman–Crippen MR) is 66.7 cm³/mol. The summed E-state index contributed by atoms with van der Waals surface area (Å²) in [4.78, 5) is 0. The van der Waals surface area contributed by atoms with Gasteiger partial charge in [-0.25, -0.2) is 0 Å². The quantitative estimate of drug-likeness (QED) is 0.281. The van der Waals surface area contributed by atoms with Gasteiger partial charge in [-0.1, -0.05) is 44.2 Å². The molecule has 0 spiro atoms. The molecule has 1 aliphatic rings. The molecule has 1 rings (SSSR count). The molecule has 1 fully saturated rings. The molecule has 94 valence electrons. The molecule has 0 aromatic heterocycles. The third-order valence-corrected chi connectivity index (χ3v) is 3.55. The fourth-order valence-electron chi connectivity index (χ4n) is 2.47. The lowest BCUT2D eigenvalue weighted by Gasteiger charge is -2.23. The minimum absolute atomic E-state index is 0.0218. The average molecular weight is 227 g/mol. The Hall–Kier alpha value is -0.770. The molecule has 4 N–H and O–H groups in total. The van der Waals surface area contributed by atoms with Crippen LogP contribution in [0.15, 0.2) is 5.16 Å². The van der Waals surface area contributed by atoms with Crippen molar-refractivity contribution >= 4 is 5.84 Å². The summed E-state index contributed by atoms with van der Waals surface area (Å²) in [7, 11) is 0. The van der Waals surface area contributed by atoms with Crippen LogP contribution in [-0.2, 0) is 0 Å². The highest BCUT2D eigenvalue weighted by Crippen LogP contribution is 2.25. The molecule has 1 saturated carbocycles. The van der Waals surface area contributed by atoms with Gasteiger partial charge in [0.05, 0.1) is 6.04 Å². The number of rotatable bonds is 6. The lowest BCUT2D eigenvalue weighted by Crippen LogP contribution is -2.41. The maximum atomic E-state index is 8.61. The Bertz CT molecular complexity index is 212. The number of nitrogens with one attached hydrogen (secondary N) is 1. The topological polar surface area (TPSA) is 70.6 Å². The molecule has 0 aliphatic heterocycles. The first kappa shape index (κ1) is 13.3. The van der Waals surface area contributed by atoms with Crippen LogP contribution in [0.1, 0.15) is 51.9 Å². The van der Waals surface area contributed by atoms with Crippen molar-refractivity contribution in [2.75, 3.05) is 6.54 Å². The predicted octanol–water partition coefficient (Wildman–Crippen LogP) is 2.07.